The van der Waals surface area contributed by atoms with E-state index in [0.717, 1.165) is 0 Å². The van der Waals surface area contributed by atoms with Crippen LogP contribution in [0.15, 0.2) is 58.1 Å². The standard InChI is InChI=1S/C19H14N4O7/c24-18-17(23(28)29)15(20-19(25)21-18)10-7-12-5-8-14(9-6-12)30-11-13-3-1-2-4-16(13)22(26)27/h1-10H,11H2,(H2,20,21,24,25)/b10-7+. The van der Waals surface area contributed by atoms with Crippen LogP contribution in [0.25, 0.3) is 12.2 Å². The Morgan fingerprint density at radius 3 is 2.27 bits per heavy atom. The van der Waals surface area contributed by atoms with Gasteiger partial charge in [-0.2, -0.15) is 0 Å². The van der Waals surface area contributed by atoms with Crippen molar-refractivity contribution in [2.24, 2.45) is 0 Å². The number of rotatable bonds is 7. The SMILES string of the molecule is O=c1[nH]c(/C=C/c2ccc(OCc3ccccc3[N+](=O)[O-])cc2)c([N+](=O)[O-])c(=O)[nH]1. The topological polar surface area (TPSA) is 161 Å². The van der Waals surface area contributed by atoms with E-state index >= 15 is 0 Å². The van der Waals surface area contributed by atoms with Crippen LogP contribution in [0.1, 0.15) is 16.8 Å². The van der Waals surface area contributed by atoms with Crippen LogP contribution in [0.4, 0.5) is 11.4 Å². The van der Waals surface area contributed by atoms with Gasteiger partial charge in [0.25, 0.3) is 5.69 Å². The van der Waals surface area contributed by atoms with Gasteiger partial charge in [0, 0.05) is 6.07 Å². The van der Waals surface area contributed by atoms with Gasteiger partial charge in [-0.05, 0) is 29.8 Å². The van der Waals surface area contributed by atoms with Gasteiger partial charge >= 0.3 is 16.9 Å². The molecule has 0 atom stereocenters. The molecule has 2 N–H and O–H groups in total. The van der Waals surface area contributed by atoms with Crippen LogP contribution in [0.2, 0.25) is 0 Å². The minimum absolute atomic E-state index is 0.00651. The fraction of sp³-hybridized carbons (Fsp3) is 0.0526. The fourth-order valence-electron chi connectivity index (χ4n) is 2.63. The number of para-hydroxylation sites is 1. The van der Waals surface area contributed by atoms with E-state index < -0.39 is 26.8 Å². The van der Waals surface area contributed by atoms with E-state index in [2.05, 4.69) is 4.98 Å². The molecule has 3 rings (SSSR count). The van der Waals surface area contributed by atoms with Crippen molar-refractivity contribution in [3.05, 3.63) is 106 Å². The van der Waals surface area contributed by atoms with Gasteiger partial charge < -0.3 is 9.72 Å². The number of nitrogens with zero attached hydrogens (tertiary/aromatic N) is 2. The van der Waals surface area contributed by atoms with Gasteiger partial charge in [0.1, 0.15) is 18.1 Å². The molecule has 0 fully saturated rings. The molecule has 3 aromatic rings. The highest BCUT2D eigenvalue weighted by atomic mass is 16.6. The Hall–Kier alpha value is -4.54. The average molecular weight is 410 g/mol. The summed E-state index contributed by atoms with van der Waals surface area (Å²) < 4.78 is 5.57. The van der Waals surface area contributed by atoms with Crippen molar-refractivity contribution in [2.75, 3.05) is 0 Å². The van der Waals surface area contributed by atoms with Crippen molar-refractivity contribution in [3.8, 4) is 5.75 Å². The predicted octanol–water partition coefficient (Wildman–Crippen LogP) is 2.63. The molecule has 0 aliphatic rings. The summed E-state index contributed by atoms with van der Waals surface area (Å²) in [4.78, 5) is 47.7. The van der Waals surface area contributed by atoms with Crippen molar-refractivity contribution in [1.82, 2.24) is 9.97 Å². The Morgan fingerprint density at radius 1 is 0.900 bits per heavy atom. The van der Waals surface area contributed by atoms with Crippen molar-refractivity contribution < 1.29 is 14.6 Å². The second-order valence-electron chi connectivity index (χ2n) is 6.00. The van der Waals surface area contributed by atoms with E-state index in [4.69, 9.17) is 4.74 Å². The van der Waals surface area contributed by atoms with Crippen LogP contribution in [0.5, 0.6) is 5.75 Å². The van der Waals surface area contributed by atoms with Gasteiger partial charge in [-0.1, -0.05) is 30.3 Å². The Morgan fingerprint density at radius 2 is 1.60 bits per heavy atom. The minimum atomic E-state index is -1.10. The summed E-state index contributed by atoms with van der Waals surface area (Å²) in [6.45, 7) is 0.00651. The zero-order chi connectivity index (χ0) is 21.7. The monoisotopic (exact) mass is 410 g/mol. The maximum Gasteiger partial charge on any atom is 0.357 e. The van der Waals surface area contributed by atoms with E-state index in [9.17, 15) is 29.8 Å². The molecule has 0 bridgehead atoms. The molecule has 2 aromatic carbocycles. The van der Waals surface area contributed by atoms with Crippen molar-refractivity contribution in [3.63, 3.8) is 0 Å². The molecule has 0 saturated carbocycles. The maximum absolute atomic E-state index is 11.6. The van der Waals surface area contributed by atoms with Crippen LogP contribution in [0, 0.1) is 20.2 Å². The second-order valence-corrected chi connectivity index (χ2v) is 6.00. The lowest BCUT2D eigenvalue weighted by atomic mass is 10.1. The molecule has 0 saturated heterocycles. The number of nitro benzene ring substituents is 1. The number of hydrogen-bond donors (Lipinski definition) is 2. The number of ether oxygens (including phenoxy) is 1. The first-order valence-electron chi connectivity index (χ1n) is 8.49. The number of H-pyrrole nitrogens is 2. The second kappa shape index (κ2) is 8.65. The van der Waals surface area contributed by atoms with Crippen LogP contribution in [-0.4, -0.2) is 19.8 Å². The van der Waals surface area contributed by atoms with E-state index in [1.807, 2.05) is 0 Å². The molecular formula is C19H14N4O7. The number of nitrogens with one attached hydrogen (secondary N) is 2. The normalized spacial score (nSPS) is 10.8. The number of hydrogen-bond acceptors (Lipinski definition) is 7. The number of nitro groups is 2. The molecule has 1 aromatic heterocycles. The zero-order valence-electron chi connectivity index (χ0n) is 15.2. The average Bonchev–Trinajstić information content (AvgIpc) is 2.70. The lowest BCUT2D eigenvalue weighted by Gasteiger charge is -2.07. The summed E-state index contributed by atoms with van der Waals surface area (Å²) in [6, 6.07) is 12.8. The van der Waals surface area contributed by atoms with Crippen LogP contribution >= 0.6 is 0 Å². The largest absolute Gasteiger partial charge is 0.489 e. The van der Waals surface area contributed by atoms with E-state index in [0.29, 0.717) is 16.9 Å². The fourth-order valence-corrected chi connectivity index (χ4v) is 2.63. The zero-order valence-corrected chi connectivity index (χ0v) is 15.2. The molecule has 11 nitrogen and oxygen atoms in total. The van der Waals surface area contributed by atoms with E-state index in [-0.39, 0.29) is 18.0 Å². The van der Waals surface area contributed by atoms with Crippen LogP contribution in [0.3, 0.4) is 0 Å². The van der Waals surface area contributed by atoms with Crippen LogP contribution in [-0.2, 0) is 6.61 Å². The van der Waals surface area contributed by atoms with Gasteiger partial charge in [0.2, 0.25) is 0 Å². The molecule has 0 radical (unpaired) electrons. The number of benzene rings is 2. The summed E-state index contributed by atoms with van der Waals surface area (Å²) in [6.07, 6.45) is 2.72. The Balaban J connectivity index is 1.75. The molecule has 152 valence electrons. The quantitative estimate of drug-likeness (QED) is 0.447. The van der Waals surface area contributed by atoms with Gasteiger partial charge in [0.15, 0.2) is 0 Å². The molecular weight excluding hydrogens is 396 g/mol. The molecule has 0 aliphatic carbocycles. The minimum Gasteiger partial charge on any atom is -0.489 e. The Kier molecular flexibility index (Phi) is 5.82. The summed E-state index contributed by atoms with van der Waals surface area (Å²) >= 11 is 0. The van der Waals surface area contributed by atoms with Gasteiger partial charge in [0.05, 0.1) is 15.4 Å². The van der Waals surface area contributed by atoms with Crippen molar-refractivity contribution in [1.29, 1.82) is 0 Å². The summed E-state index contributed by atoms with van der Waals surface area (Å²) in [5.41, 5.74) is -1.95. The molecule has 0 unspecified atom stereocenters. The number of aromatic amines is 2. The third kappa shape index (κ3) is 4.65. The molecule has 11 heteroatoms. The smallest absolute Gasteiger partial charge is 0.357 e. The molecule has 0 amide bonds. The highest BCUT2D eigenvalue weighted by Crippen LogP contribution is 2.21. The van der Waals surface area contributed by atoms with E-state index in [1.165, 1.54) is 18.2 Å². The van der Waals surface area contributed by atoms with E-state index in [1.54, 1.807) is 47.4 Å². The summed E-state index contributed by atoms with van der Waals surface area (Å²) in [7, 11) is 0. The van der Waals surface area contributed by atoms with Crippen molar-refractivity contribution >= 4 is 23.5 Å². The molecule has 0 aliphatic heterocycles. The highest BCUT2D eigenvalue weighted by Gasteiger charge is 2.18. The molecule has 1 heterocycles. The lowest BCUT2D eigenvalue weighted by Crippen LogP contribution is -2.25. The van der Waals surface area contributed by atoms with Crippen molar-refractivity contribution in [2.45, 2.75) is 6.61 Å². The first-order chi connectivity index (χ1) is 14.3. The van der Waals surface area contributed by atoms with Gasteiger partial charge in [-0.3, -0.25) is 30.0 Å². The molecule has 0 spiro atoms. The molecule has 30 heavy (non-hydrogen) atoms. The van der Waals surface area contributed by atoms with Gasteiger partial charge in [-0.25, -0.2) is 4.79 Å². The highest BCUT2D eigenvalue weighted by molar-refractivity contribution is 5.71. The lowest BCUT2D eigenvalue weighted by molar-refractivity contribution is -0.386. The Bertz CT molecular complexity index is 1240. The third-order valence-electron chi connectivity index (χ3n) is 4.03. The first-order valence-corrected chi connectivity index (χ1v) is 8.49. The van der Waals surface area contributed by atoms with Gasteiger partial charge in [-0.15, -0.1) is 0 Å². The summed E-state index contributed by atoms with van der Waals surface area (Å²) in [5, 5.41) is 22.1. The van der Waals surface area contributed by atoms with Crippen LogP contribution < -0.4 is 16.0 Å². The third-order valence-corrected chi connectivity index (χ3v) is 4.03. The number of aromatic nitrogens is 2. The Labute approximate surface area is 167 Å². The predicted molar refractivity (Wildman–Crippen MR) is 107 cm³/mol. The summed E-state index contributed by atoms with van der Waals surface area (Å²) in [5.74, 6) is 0.459. The first kappa shape index (κ1) is 20.2. The maximum atomic E-state index is 11.6.